The first-order valence-corrected chi connectivity index (χ1v) is 10.1. The molecule has 2 N–H and O–H groups in total. The molecule has 1 fully saturated rings. The molecule has 2 rings (SSSR count). The number of nitrogens with one attached hydrogen (secondary N) is 2. The van der Waals surface area contributed by atoms with Gasteiger partial charge in [-0.2, -0.15) is 0 Å². The number of aliphatic imine (C=N–C) groups is 1. The van der Waals surface area contributed by atoms with Gasteiger partial charge in [-0.1, -0.05) is 29.3 Å². The molecule has 0 bridgehead atoms. The van der Waals surface area contributed by atoms with E-state index in [-0.39, 0.29) is 41.4 Å². The van der Waals surface area contributed by atoms with Crippen LogP contribution in [0.5, 0.6) is 0 Å². The van der Waals surface area contributed by atoms with Crippen molar-refractivity contribution in [3.63, 3.8) is 0 Å². The van der Waals surface area contributed by atoms with E-state index in [1.165, 1.54) is 0 Å². The van der Waals surface area contributed by atoms with Crippen LogP contribution >= 0.6 is 47.2 Å². The molecule has 1 heterocycles. The molecule has 0 spiro atoms. The molecule has 1 aliphatic heterocycles. The second-order valence-corrected chi connectivity index (χ2v) is 8.65. The van der Waals surface area contributed by atoms with Gasteiger partial charge in [0.1, 0.15) is 0 Å². The van der Waals surface area contributed by atoms with E-state index >= 15 is 0 Å². The number of rotatable bonds is 5. The van der Waals surface area contributed by atoms with Crippen LogP contribution in [0.15, 0.2) is 23.2 Å². The molecule has 24 heavy (non-hydrogen) atoms. The fourth-order valence-electron chi connectivity index (χ4n) is 2.43. The third-order valence-electron chi connectivity index (χ3n) is 3.65. The van der Waals surface area contributed by atoms with Crippen molar-refractivity contribution < 1.29 is 8.42 Å². The Morgan fingerprint density at radius 2 is 2.08 bits per heavy atom. The Hall–Kier alpha value is -0.250. The average Bonchev–Trinajstić information content (AvgIpc) is 2.83. The average molecular weight is 506 g/mol. The second-order valence-electron chi connectivity index (χ2n) is 5.58. The summed E-state index contributed by atoms with van der Waals surface area (Å²) in [7, 11) is -2.85. The quantitative estimate of drug-likeness (QED) is 0.366. The molecule has 5 nitrogen and oxygen atoms in total. The van der Waals surface area contributed by atoms with Crippen molar-refractivity contribution in [2.45, 2.75) is 19.9 Å². The normalized spacial score (nSPS) is 19.6. The Balaban J connectivity index is 0.00000288. The van der Waals surface area contributed by atoms with Crippen LogP contribution in [0.2, 0.25) is 10.0 Å². The SMILES string of the molecule is CCNC(=NCc1ccc(Cl)cc1Cl)NCC1CCS(=O)(=O)C1.I. The number of sulfone groups is 1. The fourth-order valence-corrected chi connectivity index (χ4v) is 4.76. The van der Waals surface area contributed by atoms with Crippen LogP contribution in [0.1, 0.15) is 18.9 Å². The third kappa shape index (κ3) is 6.93. The van der Waals surface area contributed by atoms with E-state index in [4.69, 9.17) is 23.2 Å². The van der Waals surface area contributed by atoms with Gasteiger partial charge in [-0.05, 0) is 37.0 Å². The second kappa shape index (κ2) is 10.0. The van der Waals surface area contributed by atoms with Gasteiger partial charge in [0.2, 0.25) is 0 Å². The van der Waals surface area contributed by atoms with Gasteiger partial charge in [0.05, 0.1) is 18.1 Å². The van der Waals surface area contributed by atoms with Crippen molar-refractivity contribution in [2.24, 2.45) is 10.9 Å². The Morgan fingerprint density at radius 1 is 1.33 bits per heavy atom. The van der Waals surface area contributed by atoms with Crippen LogP contribution in [0.3, 0.4) is 0 Å². The summed E-state index contributed by atoms with van der Waals surface area (Å²) in [5.74, 6) is 1.33. The number of hydrogen-bond donors (Lipinski definition) is 2. The molecule has 0 radical (unpaired) electrons. The molecule has 1 atom stereocenters. The Bertz CT molecular complexity index is 683. The first-order valence-electron chi connectivity index (χ1n) is 7.56. The highest BCUT2D eigenvalue weighted by Gasteiger charge is 2.27. The summed E-state index contributed by atoms with van der Waals surface area (Å²) in [5, 5.41) is 7.53. The highest BCUT2D eigenvalue weighted by molar-refractivity contribution is 14.0. The van der Waals surface area contributed by atoms with E-state index in [1.807, 2.05) is 13.0 Å². The largest absolute Gasteiger partial charge is 0.357 e. The molecule has 1 aromatic rings. The van der Waals surface area contributed by atoms with Gasteiger partial charge < -0.3 is 10.6 Å². The Labute approximate surface area is 170 Å². The van der Waals surface area contributed by atoms with Crippen molar-refractivity contribution >= 4 is 63.0 Å². The molecule has 1 unspecified atom stereocenters. The standard InChI is InChI=1S/C15H21Cl2N3O2S.HI/c1-2-18-15(19-8-11-5-6-23(21,22)10-11)20-9-12-3-4-13(16)7-14(12)17;/h3-4,7,11H,2,5-6,8-10H2,1H3,(H2,18,19,20);1H. The van der Waals surface area contributed by atoms with Crippen molar-refractivity contribution in [2.75, 3.05) is 24.6 Å². The zero-order valence-corrected chi connectivity index (χ0v) is 18.0. The zero-order chi connectivity index (χ0) is 16.9. The van der Waals surface area contributed by atoms with Crippen molar-refractivity contribution in [1.29, 1.82) is 0 Å². The van der Waals surface area contributed by atoms with Crippen molar-refractivity contribution in [3.05, 3.63) is 33.8 Å². The summed E-state index contributed by atoms with van der Waals surface area (Å²) >= 11 is 12.0. The minimum atomic E-state index is -2.85. The molecule has 1 aromatic carbocycles. The lowest BCUT2D eigenvalue weighted by molar-refractivity contribution is 0.567. The van der Waals surface area contributed by atoms with E-state index < -0.39 is 9.84 Å². The molecule has 136 valence electrons. The molecule has 9 heteroatoms. The number of halogens is 3. The van der Waals surface area contributed by atoms with Crippen LogP contribution in [-0.2, 0) is 16.4 Å². The fraction of sp³-hybridized carbons (Fsp3) is 0.533. The van der Waals surface area contributed by atoms with Crippen LogP contribution in [0.25, 0.3) is 0 Å². The van der Waals surface area contributed by atoms with Gasteiger partial charge in [-0.25, -0.2) is 13.4 Å². The summed E-state index contributed by atoms with van der Waals surface area (Å²) in [6.45, 7) is 3.73. The van der Waals surface area contributed by atoms with Crippen molar-refractivity contribution in [1.82, 2.24) is 10.6 Å². The lowest BCUT2D eigenvalue weighted by atomic mass is 10.1. The van der Waals surface area contributed by atoms with Gasteiger partial charge in [-0.3, -0.25) is 0 Å². The summed E-state index contributed by atoms with van der Waals surface area (Å²) in [4.78, 5) is 4.49. The topological polar surface area (TPSA) is 70.6 Å². The number of benzene rings is 1. The van der Waals surface area contributed by atoms with Gasteiger partial charge in [0, 0.05) is 23.1 Å². The number of hydrogen-bond acceptors (Lipinski definition) is 3. The summed E-state index contributed by atoms with van der Waals surface area (Å²) < 4.78 is 23.0. The highest BCUT2D eigenvalue weighted by Crippen LogP contribution is 2.21. The lowest BCUT2D eigenvalue weighted by Crippen LogP contribution is -2.40. The maximum absolute atomic E-state index is 11.5. The molecule has 0 amide bonds. The Kier molecular flexibility index (Phi) is 9.11. The van der Waals surface area contributed by atoms with Crippen LogP contribution in [0.4, 0.5) is 0 Å². The van der Waals surface area contributed by atoms with Crippen LogP contribution < -0.4 is 10.6 Å². The zero-order valence-electron chi connectivity index (χ0n) is 13.4. The van der Waals surface area contributed by atoms with Gasteiger partial charge in [0.25, 0.3) is 0 Å². The van der Waals surface area contributed by atoms with E-state index in [0.29, 0.717) is 35.5 Å². The molecule has 0 saturated carbocycles. The monoisotopic (exact) mass is 505 g/mol. The van der Waals surface area contributed by atoms with E-state index in [2.05, 4.69) is 15.6 Å². The lowest BCUT2D eigenvalue weighted by Gasteiger charge is -2.14. The third-order valence-corrected chi connectivity index (χ3v) is 6.08. The van der Waals surface area contributed by atoms with Crippen molar-refractivity contribution in [3.8, 4) is 0 Å². The number of guanidine groups is 1. The Morgan fingerprint density at radius 3 is 2.67 bits per heavy atom. The summed E-state index contributed by atoms with van der Waals surface area (Å²) in [5.41, 5.74) is 0.886. The maximum atomic E-state index is 11.5. The van der Waals surface area contributed by atoms with Gasteiger partial charge >= 0.3 is 0 Å². The molecule has 0 aromatic heterocycles. The van der Waals surface area contributed by atoms with Gasteiger partial charge in [-0.15, -0.1) is 24.0 Å². The minimum Gasteiger partial charge on any atom is -0.357 e. The van der Waals surface area contributed by atoms with Gasteiger partial charge in [0.15, 0.2) is 15.8 Å². The van der Waals surface area contributed by atoms with E-state index in [9.17, 15) is 8.42 Å². The number of nitrogens with zero attached hydrogens (tertiary/aromatic N) is 1. The summed E-state index contributed by atoms with van der Waals surface area (Å²) in [6, 6.07) is 5.32. The predicted molar refractivity (Wildman–Crippen MR) is 111 cm³/mol. The van der Waals surface area contributed by atoms with Crippen LogP contribution in [-0.4, -0.2) is 39.0 Å². The predicted octanol–water partition coefficient (Wildman–Crippen LogP) is 3.10. The summed E-state index contributed by atoms with van der Waals surface area (Å²) in [6.07, 6.45) is 0.706. The molecule has 0 aliphatic carbocycles. The smallest absolute Gasteiger partial charge is 0.191 e. The first-order chi connectivity index (χ1) is 10.9. The van der Waals surface area contributed by atoms with Crippen LogP contribution in [0, 0.1) is 5.92 Å². The molecular formula is C15H22Cl2IN3O2S. The minimum absolute atomic E-state index is 0. The molecule has 1 aliphatic rings. The molecule has 1 saturated heterocycles. The van der Waals surface area contributed by atoms with E-state index in [0.717, 1.165) is 12.1 Å². The maximum Gasteiger partial charge on any atom is 0.191 e. The molecular weight excluding hydrogens is 484 g/mol. The van der Waals surface area contributed by atoms with E-state index in [1.54, 1.807) is 12.1 Å². The highest BCUT2D eigenvalue weighted by atomic mass is 127. The first kappa shape index (κ1) is 21.8.